The molecular formula is C8H3ClF10O. The van der Waals surface area contributed by atoms with Crippen LogP contribution in [-0.4, -0.2) is 35.6 Å². The largest absolute Gasteiger partial charge is 0.423 e. The molecule has 0 saturated carbocycles. The molecule has 1 nitrogen and oxygen atoms in total. The zero-order valence-electron chi connectivity index (χ0n) is 8.80. The van der Waals surface area contributed by atoms with Crippen molar-refractivity contribution in [1.82, 2.24) is 0 Å². The molecule has 3 unspecified atom stereocenters. The van der Waals surface area contributed by atoms with Gasteiger partial charge >= 0.3 is 18.2 Å². The van der Waals surface area contributed by atoms with Crippen LogP contribution in [0.15, 0.2) is 11.9 Å². The molecule has 1 aliphatic rings. The van der Waals surface area contributed by atoms with E-state index in [-0.39, 0.29) is 0 Å². The molecule has 0 aromatic heterocycles. The Bertz CT molecular complexity index is 398. The van der Waals surface area contributed by atoms with Crippen LogP contribution < -0.4 is 0 Å². The predicted octanol–water partition coefficient (Wildman–Crippen LogP) is 4.27. The van der Waals surface area contributed by atoms with Crippen molar-refractivity contribution in [3.63, 3.8) is 0 Å². The lowest BCUT2D eigenvalue weighted by atomic mass is 10.1. The normalized spacial score (nSPS) is 35.6. The maximum atomic E-state index is 13.6. The van der Waals surface area contributed by atoms with E-state index in [9.17, 15) is 43.9 Å². The Labute approximate surface area is 109 Å². The summed E-state index contributed by atoms with van der Waals surface area (Å²) >= 11 is 4.48. The van der Waals surface area contributed by atoms with Gasteiger partial charge in [-0.15, -0.1) is 0 Å². The van der Waals surface area contributed by atoms with Gasteiger partial charge in [-0.1, -0.05) is 11.6 Å². The van der Waals surface area contributed by atoms with Crippen LogP contribution in [-0.2, 0) is 4.74 Å². The summed E-state index contributed by atoms with van der Waals surface area (Å²) in [4.78, 5) is 0. The molecular weight excluding hydrogens is 338 g/mol. The first-order valence-electron chi connectivity index (χ1n) is 4.54. The Hall–Kier alpha value is -0.710. The number of hydrogen-bond acceptors (Lipinski definition) is 1. The first-order chi connectivity index (χ1) is 8.64. The average Bonchev–Trinajstić information content (AvgIpc) is 2.34. The minimum atomic E-state index is -6.25. The summed E-state index contributed by atoms with van der Waals surface area (Å²) in [5.74, 6) is -7.45. The van der Waals surface area contributed by atoms with Gasteiger partial charge in [-0.3, -0.25) is 0 Å². The minimum Gasteiger partial charge on any atom is -0.317 e. The predicted molar refractivity (Wildman–Crippen MR) is 44.6 cm³/mol. The molecule has 0 fully saturated rings. The Balaban J connectivity index is 3.18. The molecule has 20 heavy (non-hydrogen) atoms. The van der Waals surface area contributed by atoms with E-state index < -0.39 is 47.5 Å². The highest BCUT2D eigenvalue weighted by Gasteiger charge is 2.72. The highest BCUT2D eigenvalue weighted by atomic mass is 35.5. The Morgan fingerprint density at radius 2 is 1.50 bits per heavy atom. The molecule has 0 spiro atoms. The molecule has 0 aromatic carbocycles. The number of rotatable bonds is 2. The minimum absolute atomic E-state index is 0.559. The smallest absolute Gasteiger partial charge is 0.317 e. The van der Waals surface area contributed by atoms with Gasteiger partial charge in [0.25, 0.3) is 11.2 Å². The van der Waals surface area contributed by atoms with E-state index in [1.165, 1.54) is 0 Å². The number of ether oxygens (including phenoxy) is 1. The molecule has 0 aromatic rings. The van der Waals surface area contributed by atoms with Crippen molar-refractivity contribution < 1.29 is 48.6 Å². The third-order valence-electron chi connectivity index (χ3n) is 2.26. The number of alkyl halides is 10. The van der Waals surface area contributed by atoms with E-state index >= 15 is 0 Å². The SMILES string of the molecule is FC1=CC(F)C(F)(OC(C(F)(F)F)C(F)(F)F)C1(F)Cl. The second-order valence-corrected chi connectivity index (χ2v) is 4.24. The fraction of sp³-hybridized carbons (Fsp3) is 0.750. The van der Waals surface area contributed by atoms with E-state index in [1.807, 2.05) is 0 Å². The number of hydrogen-bond donors (Lipinski definition) is 0. The summed E-state index contributed by atoms with van der Waals surface area (Å²) in [6.07, 6.45) is -21.5. The van der Waals surface area contributed by atoms with Gasteiger partial charge in [0.05, 0.1) is 0 Å². The maximum absolute atomic E-state index is 13.6. The fourth-order valence-corrected chi connectivity index (χ4v) is 1.52. The third-order valence-corrected chi connectivity index (χ3v) is 2.70. The standard InChI is InChI=1S/C8H3ClF10O/c9-5(12)2(10)1-3(11)6(5,13)20-4(7(14,15)16)8(17,18)19/h1,3-4H. The first kappa shape index (κ1) is 17.3. The third kappa shape index (κ3) is 2.69. The van der Waals surface area contributed by atoms with Crippen molar-refractivity contribution in [2.45, 2.75) is 35.6 Å². The summed E-state index contributed by atoms with van der Waals surface area (Å²) < 4.78 is 128. The van der Waals surface area contributed by atoms with E-state index in [0.29, 0.717) is 0 Å². The zero-order chi connectivity index (χ0) is 16.1. The second-order valence-electron chi connectivity index (χ2n) is 3.72. The molecule has 0 N–H and O–H groups in total. The average molecular weight is 341 g/mol. The van der Waals surface area contributed by atoms with Crippen molar-refractivity contribution >= 4 is 11.6 Å². The van der Waals surface area contributed by atoms with Gasteiger partial charge in [-0.25, -0.2) is 17.6 Å². The summed E-state index contributed by atoms with van der Waals surface area (Å²) in [7, 11) is 0. The second kappa shape index (κ2) is 4.65. The van der Waals surface area contributed by atoms with E-state index in [4.69, 9.17) is 0 Å². The van der Waals surface area contributed by atoms with Crippen LogP contribution in [0.25, 0.3) is 0 Å². The van der Waals surface area contributed by atoms with Gasteiger partial charge in [0.2, 0.25) is 0 Å². The molecule has 12 heteroatoms. The van der Waals surface area contributed by atoms with E-state index in [1.54, 1.807) is 0 Å². The van der Waals surface area contributed by atoms with Crippen LogP contribution in [0.1, 0.15) is 0 Å². The molecule has 0 radical (unpaired) electrons. The first-order valence-corrected chi connectivity index (χ1v) is 4.91. The molecule has 118 valence electrons. The monoisotopic (exact) mass is 340 g/mol. The van der Waals surface area contributed by atoms with Crippen molar-refractivity contribution in [1.29, 1.82) is 0 Å². The van der Waals surface area contributed by atoms with Crippen LogP contribution in [0, 0.1) is 0 Å². The van der Waals surface area contributed by atoms with Gasteiger partial charge in [-0.05, 0) is 6.08 Å². The van der Waals surface area contributed by atoms with Gasteiger partial charge < -0.3 is 4.74 Å². The lowest BCUT2D eigenvalue weighted by Gasteiger charge is -2.34. The molecule has 1 aliphatic carbocycles. The van der Waals surface area contributed by atoms with Gasteiger partial charge in [-0.2, -0.15) is 26.3 Å². The number of halogens is 11. The van der Waals surface area contributed by atoms with Crippen LogP contribution in [0.2, 0.25) is 0 Å². The molecule has 0 heterocycles. The Morgan fingerprint density at radius 3 is 1.75 bits per heavy atom. The summed E-state index contributed by atoms with van der Waals surface area (Å²) in [6, 6.07) is 0. The quantitative estimate of drug-likeness (QED) is 0.539. The maximum Gasteiger partial charge on any atom is 0.423 e. The molecule has 3 atom stereocenters. The van der Waals surface area contributed by atoms with Crippen molar-refractivity contribution in [2.24, 2.45) is 0 Å². The summed E-state index contributed by atoms with van der Waals surface area (Å²) in [5.41, 5.74) is 0. The fourth-order valence-electron chi connectivity index (χ4n) is 1.31. The molecule has 0 saturated heterocycles. The van der Waals surface area contributed by atoms with Crippen molar-refractivity contribution in [3.8, 4) is 0 Å². The summed E-state index contributed by atoms with van der Waals surface area (Å²) in [6.45, 7) is 0. The van der Waals surface area contributed by atoms with Crippen molar-refractivity contribution in [2.75, 3.05) is 0 Å². The van der Waals surface area contributed by atoms with Crippen LogP contribution >= 0.6 is 11.6 Å². The molecule has 0 aliphatic heterocycles. The van der Waals surface area contributed by atoms with Crippen molar-refractivity contribution in [3.05, 3.63) is 11.9 Å². The Kier molecular flexibility index (Phi) is 4.03. The lowest BCUT2D eigenvalue weighted by molar-refractivity contribution is -0.375. The van der Waals surface area contributed by atoms with Crippen LogP contribution in [0.4, 0.5) is 43.9 Å². The van der Waals surface area contributed by atoms with Crippen LogP contribution in [0.5, 0.6) is 0 Å². The van der Waals surface area contributed by atoms with E-state index in [2.05, 4.69) is 16.3 Å². The lowest BCUT2D eigenvalue weighted by Crippen LogP contribution is -2.57. The van der Waals surface area contributed by atoms with Gasteiger partial charge in [0.1, 0.15) is 0 Å². The van der Waals surface area contributed by atoms with E-state index in [0.717, 1.165) is 0 Å². The van der Waals surface area contributed by atoms with Crippen LogP contribution in [0.3, 0.4) is 0 Å². The Morgan fingerprint density at radius 1 is 1.10 bits per heavy atom. The molecule has 0 bridgehead atoms. The summed E-state index contributed by atoms with van der Waals surface area (Å²) in [5, 5.41) is -4.65. The highest BCUT2D eigenvalue weighted by molar-refractivity contribution is 6.25. The van der Waals surface area contributed by atoms with Gasteiger partial charge in [0, 0.05) is 0 Å². The topological polar surface area (TPSA) is 9.23 Å². The molecule has 1 rings (SSSR count). The van der Waals surface area contributed by atoms with Gasteiger partial charge in [0.15, 0.2) is 12.0 Å². The highest BCUT2D eigenvalue weighted by Crippen LogP contribution is 2.53. The zero-order valence-corrected chi connectivity index (χ0v) is 9.55. The molecule has 0 amide bonds.